The molecule has 8 nitrogen and oxygen atoms in total. The van der Waals surface area contributed by atoms with Gasteiger partial charge >= 0.3 is 0 Å². The van der Waals surface area contributed by atoms with Crippen molar-refractivity contribution in [2.24, 2.45) is 5.92 Å². The monoisotopic (exact) mass is 392 g/mol. The van der Waals surface area contributed by atoms with Crippen LogP contribution < -0.4 is 5.32 Å². The van der Waals surface area contributed by atoms with Crippen molar-refractivity contribution in [2.75, 3.05) is 19.6 Å². The van der Waals surface area contributed by atoms with Gasteiger partial charge in [-0.2, -0.15) is 5.10 Å². The van der Waals surface area contributed by atoms with Crippen molar-refractivity contribution in [1.82, 2.24) is 29.8 Å². The maximum absolute atomic E-state index is 12.9. The topological polar surface area (TPSA) is 92.5 Å². The highest BCUT2D eigenvalue weighted by Crippen LogP contribution is 2.23. The van der Waals surface area contributed by atoms with Gasteiger partial charge in [0.2, 0.25) is 0 Å². The van der Waals surface area contributed by atoms with Gasteiger partial charge in [0.05, 0.1) is 11.8 Å². The maximum atomic E-state index is 12.9. The molecular formula is C21H24N6O2. The molecule has 0 spiro atoms. The van der Waals surface area contributed by atoms with Crippen molar-refractivity contribution in [2.45, 2.75) is 26.2 Å². The second kappa shape index (κ2) is 8.38. The van der Waals surface area contributed by atoms with Gasteiger partial charge in [0.1, 0.15) is 0 Å². The Morgan fingerprint density at radius 2 is 2.17 bits per heavy atom. The minimum absolute atomic E-state index is 0.0514. The second-order valence-electron chi connectivity index (χ2n) is 7.38. The van der Waals surface area contributed by atoms with Crippen LogP contribution in [-0.4, -0.2) is 55.9 Å². The average molecular weight is 392 g/mol. The lowest BCUT2D eigenvalue weighted by Gasteiger charge is -2.16. The molecule has 0 aliphatic carbocycles. The molecule has 0 radical (unpaired) electrons. The van der Waals surface area contributed by atoms with E-state index in [1.54, 1.807) is 35.4 Å². The zero-order valence-corrected chi connectivity index (χ0v) is 16.4. The third kappa shape index (κ3) is 4.11. The molecule has 4 heterocycles. The van der Waals surface area contributed by atoms with Gasteiger partial charge in [0, 0.05) is 38.2 Å². The number of likely N-dealkylation sites (tertiary alicyclic amines) is 1. The number of hydrogen-bond acceptors (Lipinski definition) is 5. The minimum atomic E-state index is -0.0930. The lowest BCUT2D eigenvalue weighted by atomic mass is 9.99. The summed E-state index contributed by atoms with van der Waals surface area (Å²) in [4.78, 5) is 35.4. The number of rotatable bonds is 6. The molecule has 0 saturated carbocycles. The van der Waals surface area contributed by atoms with Gasteiger partial charge in [-0.15, -0.1) is 0 Å². The van der Waals surface area contributed by atoms with E-state index in [2.05, 4.69) is 20.4 Å². The number of aromatic nitrogens is 4. The highest BCUT2D eigenvalue weighted by Gasteiger charge is 2.29. The fourth-order valence-corrected chi connectivity index (χ4v) is 3.72. The van der Waals surface area contributed by atoms with Gasteiger partial charge in [-0.05, 0) is 48.9 Å². The number of nitrogens with one attached hydrogen (secondary N) is 1. The SMILES string of the molecule is CCCNC(=O)c1cncc(CC2CCN(C(=O)c3cnc4cccnn34)C2)c1. The summed E-state index contributed by atoms with van der Waals surface area (Å²) in [5.74, 6) is 0.191. The molecule has 1 aliphatic rings. The summed E-state index contributed by atoms with van der Waals surface area (Å²) in [5, 5.41) is 7.10. The Kier molecular flexibility index (Phi) is 5.50. The van der Waals surface area contributed by atoms with Gasteiger partial charge in [0.25, 0.3) is 11.8 Å². The molecule has 1 unspecified atom stereocenters. The summed E-state index contributed by atoms with van der Waals surface area (Å²) in [7, 11) is 0. The maximum Gasteiger partial charge on any atom is 0.274 e. The molecule has 0 bridgehead atoms. The van der Waals surface area contributed by atoms with Crippen molar-refractivity contribution >= 4 is 17.5 Å². The van der Waals surface area contributed by atoms with E-state index in [9.17, 15) is 9.59 Å². The number of imidazole rings is 1. The van der Waals surface area contributed by atoms with E-state index in [1.165, 1.54) is 0 Å². The lowest BCUT2D eigenvalue weighted by molar-refractivity contribution is 0.0778. The van der Waals surface area contributed by atoms with E-state index < -0.39 is 0 Å². The summed E-state index contributed by atoms with van der Waals surface area (Å²) < 4.78 is 1.58. The van der Waals surface area contributed by atoms with Crippen molar-refractivity contribution in [3.63, 3.8) is 0 Å². The van der Waals surface area contributed by atoms with Crippen molar-refractivity contribution < 1.29 is 9.59 Å². The molecule has 29 heavy (non-hydrogen) atoms. The van der Waals surface area contributed by atoms with Crippen molar-refractivity contribution in [1.29, 1.82) is 0 Å². The fourth-order valence-electron chi connectivity index (χ4n) is 3.72. The minimum Gasteiger partial charge on any atom is -0.352 e. The van der Waals surface area contributed by atoms with Gasteiger partial charge in [-0.3, -0.25) is 14.6 Å². The van der Waals surface area contributed by atoms with E-state index in [-0.39, 0.29) is 11.8 Å². The van der Waals surface area contributed by atoms with Crippen molar-refractivity contribution in [3.05, 3.63) is 59.8 Å². The van der Waals surface area contributed by atoms with Crippen LogP contribution in [0.1, 0.15) is 46.2 Å². The number of fused-ring (bicyclic) bond motifs is 1. The van der Waals surface area contributed by atoms with Crippen molar-refractivity contribution in [3.8, 4) is 0 Å². The Morgan fingerprint density at radius 3 is 3.03 bits per heavy atom. The van der Waals surface area contributed by atoms with E-state index in [1.807, 2.05) is 24.0 Å². The largest absolute Gasteiger partial charge is 0.352 e. The molecule has 4 rings (SSSR count). The number of nitrogens with zero attached hydrogens (tertiary/aromatic N) is 5. The third-order valence-electron chi connectivity index (χ3n) is 5.19. The number of carbonyl (C=O) groups excluding carboxylic acids is 2. The Morgan fingerprint density at radius 1 is 1.28 bits per heavy atom. The predicted molar refractivity (Wildman–Crippen MR) is 108 cm³/mol. The summed E-state index contributed by atoms with van der Waals surface area (Å²) in [5.41, 5.74) is 2.75. The molecule has 1 fully saturated rings. The lowest BCUT2D eigenvalue weighted by Crippen LogP contribution is -2.30. The standard InChI is InChI=1S/C21H24N6O2/c1-2-6-23-20(28)17-10-16(11-22-12-17)9-15-5-8-26(14-15)21(29)18-13-24-19-4-3-7-25-27(18)19/h3-4,7,10-13,15H,2,5-6,8-9,14H2,1H3,(H,23,28). The number of pyridine rings is 1. The first kappa shape index (κ1) is 19.0. The van der Waals surface area contributed by atoms with Gasteiger partial charge < -0.3 is 10.2 Å². The number of carbonyl (C=O) groups is 2. The Balaban J connectivity index is 1.40. The van der Waals surface area contributed by atoms with Crippen LogP contribution in [-0.2, 0) is 6.42 Å². The Labute approximate surface area is 169 Å². The van der Waals surface area contributed by atoms with Crippen LogP contribution in [0, 0.1) is 5.92 Å². The molecular weight excluding hydrogens is 368 g/mol. The molecule has 3 aromatic rings. The zero-order valence-electron chi connectivity index (χ0n) is 16.4. The summed E-state index contributed by atoms with van der Waals surface area (Å²) >= 11 is 0. The average Bonchev–Trinajstić information content (AvgIpc) is 3.39. The molecule has 3 aromatic heterocycles. The van der Waals surface area contributed by atoms with E-state index in [0.29, 0.717) is 42.5 Å². The molecule has 0 aromatic carbocycles. The number of hydrogen-bond donors (Lipinski definition) is 1. The first-order chi connectivity index (χ1) is 14.2. The molecule has 1 saturated heterocycles. The van der Waals surface area contributed by atoms with Crippen LogP contribution in [0.5, 0.6) is 0 Å². The normalized spacial score (nSPS) is 16.3. The van der Waals surface area contributed by atoms with Crippen LogP contribution in [0.3, 0.4) is 0 Å². The van der Waals surface area contributed by atoms with E-state index in [4.69, 9.17) is 0 Å². The van der Waals surface area contributed by atoms with Crippen LogP contribution in [0.2, 0.25) is 0 Å². The molecule has 8 heteroatoms. The molecule has 2 amide bonds. The number of amides is 2. The smallest absolute Gasteiger partial charge is 0.274 e. The van der Waals surface area contributed by atoms with Crippen LogP contribution in [0.15, 0.2) is 43.0 Å². The van der Waals surface area contributed by atoms with Crippen LogP contribution >= 0.6 is 0 Å². The van der Waals surface area contributed by atoms with Crippen LogP contribution in [0.25, 0.3) is 5.65 Å². The van der Waals surface area contributed by atoms with Crippen LogP contribution in [0.4, 0.5) is 0 Å². The van der Waals surface area contributed by atoms with Gasteiger partial charge in [-0.25, -0.2) is 9.50 Å². The quantitative estimate of drug-likeness (QED) is 0.692. The molecule has 150 valence electrons. The molecule has 1 aliphatic heterocycles. The Hall–Kier alpha value is -3.29. The Bertz CT molecular complexity index is 1030. The van der Waals surface area contributed by atoms with Gasteiger partial charge in [0.15, 0.2) is 11.3 Å². The highest BCUT2D eigenvalue weighted by molar-refractivity contribution is 5.94. The van der Waals surface area contributed by atoms with Gasteiger partial charge in [-0.1, -0.05) is 6.92 Å². The molecule has 1 atom stereocenters. The first-order valence-electron chi connectivity index (χ1n) is 9.96. The molecule has 1 N–H and O–H groups in total. The summed E-state index contributed by atoms with van der Waals surface area (Å²) in [6.07, 6.45) is 9.23. The third-order valence-corrected chi connectivity index (χ3v) is 5.19. The summed E-state index contributed by atoms with van der Waals surface area (Å²) in [6.45, 7) is 4.05. The second-order valence-corrected chi connectivity index (χ2v) is 7.38. The van der Waals surface area contributed by atoms with E-state index in [0.717, 1.165) is 24.8 Å². The highest BCUT2D eigenvalue weighted by atomic mass is 16.2. The predicted octanol–water partition coefficient (Wildman–Crippen LogP) is 1.97. The zero-order chi connectivity index (χ0) is 20.2. The fraction of sp³-hybridized carbons (Fsp3) is 0.381. The first-order valence-corrected chi connectivity index (χ1v) is 9.96. The summed E-state index contributed by atoms with van der Waals surface area (Å²) in [6, 6.07) is 5.53. The van der Waals surface area contributed by atoms with E-state index >= 15 is 0 Å².